The zero-order chi connectivity index (χ0) is 22.8. The highest BCUT2D eigenvalue weighted by atomic mass is 16.4. The summed E-state index contributed by atoms with van der Waals surface area (Å²) in [6.45, 7) is 6.16. The van der Waals surface area contributed by atoms with E-state index in [2.05, 4.69) is 18.4 Å². The molecule has 0 aliphatic heterocycles. The van der Waals surface area contributed by atoms with E-state index in [0.29, 0.717) is 17.0 Å². The molecule has 3 aromatic rings. The molecule has 2 aromatic carbocycles. The van der Waals surface area contributed by atoms with E-state index >= 15 is 0 Å². The molecular formula is C28H30NO3-. The SMILES string of the molecule is CCCCc1cn(-c2ccc(-c3ccccc3)c(C(=O)[O-])c2C)c2c(c1=O)CC(C)CC2. The van der Waals surface area contributed by atoms with Gasteiger partial charge in [-0.25, -0.2) is 0 Å². The van der Waals surface area contributed by atoms with Gasteiger partial charge < -0.3 is 14.5 Å². The molecule has 0 saturated carbocycles. The highest BCUT2D eigenvalue weighted by Gasteiger charge is 2.24. The van der Waals surface area contributed by atoms with Crippen molar-refractivity contribution in [3.63, 3.8) is 0 Å². The fourth-order valence-corrected chi connectivity index (χ4v) is 4.92. The van der Waals surface area contributed by atoms with Crippen LogP contribution in [0.4, 0.5) is 0 Å². The molecule has 0 spiro atoms. The van der Waals surface area contributed by atoms with Crippen molar-refractivity contribution in [3.05, 3.63) is 86.8 Å². The van der Waals surface area contributed by atoms with E-state index in [0.717, 1.165) is 66.6 Å². The van der Waals surface area contributed by atoms with Gasteiger partial charge in [0, 0.05) is 34.3 Å². The molecule has 1 heterocycles. The number of pyridine rings is 1. The summed E-state index contributed by atoms with van der Waals surface area (Å²) in [5.41, 5.74) is 6.11. The van der Waals surface area contributed by atoms with Crippen molar-refractivity contribution in [2.45, 2.75) is 59.3 Å². The maximum absolute atomic E-state index is 13.2. The van der Waals surface area contributed by atoms with Crippen LogP contribution in [0.25, 0.3) is 16.8 Å². The number of aromatic nitrogens is 1. The number of benzene rings is 2. The smallest absolute Gasteiger partial charge is 0.188 e. The predicted octanol–water partition coefficient (Wildman–Crippen LogP) is 4.64. The summed E-state index contributed by atoms with van der Waals surface area (Å²) < 4.78 is 2.09. The summed E-state index contributed by atoms with van der Waals surface area (Å²) in [5.74, 6) is -0.705. The van der Waals surface area contributed by atoms with Crippen molar-refractivity contribution in [3.8, 4) is 16.8 Å². The van der Waals surface area contributed by atoms with E-state index < -0.39 is 5.97 Å². The lowest BCUT2D eigenvalue weighted by Crippen LogP contribution is -2.29. The van der Waals surface area contributed by atoms with Gasteiger partial charge in [-0.2, -0.15) is 0 Å². The minimum atomic E-state index is -1.18. The fourth-order valence-electron chi connectivity index (χ4n) is 4.92. The van der Waals surface area contributed by atoms with Crippen LogP contribution in [-0.2, 0) is 19.3 Å². The predicted molar refractivity (Wildman–Crippen MR) is 126 cm³/mol. The maximum Gasteiger partial charge on any atom is 0.188 e. The molecule has 0 fully saturated rings. The number of carboxylic acids is 1. The Morgan fingerprint density at radius 2 is 1.91 bits per heavy atom. The standard InChI is InChI=1S/C28H31NO3/c1-4-5-9-21-17-29(25-14-12-18(2)16-23(25)27(21)30)24-15-13-22(20-10-7-6-8-11-20)26(19(24)3)28(31)32/h6-8,10-11,13,15,17-18H,4-5,9,12,14,16H2,1-3H3,(H,31,32)/p-1. The van der Waals surface area contributed by atoms with Crippen LogP contribution >= 0.6 is 0 Å². The summed E-state index contributed by atoms with van der Waals surface area (Å²) in [4.78, 5) is 25.5. The van der Waals surface area contributed by atoms with Crippen molar-refractivity contribution in [1.29, 1.82) is 0 Å². The highest BCUT2D eigenvalue weighted by Crippen LogP contribution is 2.32. The third kappa shape index (κ3) is 4.02. The van der Waals surface area contributed by atoms with Gasteiger partial charge in [-0.1, -0.05) is 56.7 Å². The first kappa shape index (κ1) is 22.1. The zero-order valence-electron chi connectivity index (χ0n) is 19.1. The van der Waals surface area contributed by atoms with Gasteiger partial charge in [-0.15, -0.1) is 0 Å². The summed E-state index contributed by atoms with van der Waals surface area (Å²) in [6, 6.07) is 13.4. The molecule has 4 nitrogen and oxygen atoms in total. The Balaban J connectivity index is 1.95. The molecule has 1 aromatic heterocycles. The number of rotatable bonds is 6. The van der Waals surface area contributed by atoms with E-state index in [9.17, 15) is 14.7 Å². The van der Waals surface area contributed by atoms with Gasteiger partial charge in [-0.3, -0.25) is 4.79 Å². The van der Waals surface area contributed by atoms with Crippen LogP contribution in [0.2, 0.25) is 0 Å². The van der Waals surface area contributed by atoms with Crippen LogP contribution in [0.15, 0.2) is 53.5 Å². The quantitative estimate of drug-likeness (QED) is 0.574. The van der Waals surface area contributed by atoms with Crippen LogP contribution in [0, 0.1) is 12.8 Å². The van der Waals surface area contributed by atoms with E-state index in [1.54, 1.807) is 0 Å². The van der Waals surface area contributed by atoms with Crippen LogP contribution in [0.3, 0.4) is 0 Å². The number of hydrogen-bond acceptors (Lipinski definition) is 3. The Bertz CT molecular complexity index is 1210. The minimum absolute atomic E-state index is 0.176. The fraction of sp³-hybridized carbons (Fsp3) is 0.357. The van der Waals surface area contributed by atoms with Gasteiger partial charge >= 0.3 is 0 Å². The Hall–Kier alpha value is -3.14. The maximum atomic E-state index is 13.2. The van der Waals surface area contributed by atoms with Crippen LogP contribution in [-0.4, -0.2) is 10.5 Å². The number of hydrogen-bond donors (Lipinski definition) is 0. The van der Waals surface area contributed by atoms with Gasteiger partial charge in [0.15, 0.2) is 5.43 Å². The highest BCUT2D eigenvalue weighted by molar-refractivity contribution is 5.97. The van der Waals surface area contributed by atoms with Crippen molar-refractivity contribution in [2.75, 3.05) is 0 Å². The average molecular weight is 429 g/mol. The Morgan fingerprint density at radius 3 is 2.59 bits per heavy atom. The van der Waals surface area contributed by atoms with Crippen LogP contribution in [0.1, 0.15) is 65.9 Å². The summed E-state index contributed by atoms with van der Waals surface area (Å²) in [6.07, 6.45) is 7.30. The Kier molecular flexibility index (Phi) is 6.31. The molecule has 1 unspecified atom stereocenters. The van der Waals surface area contributed by atoms with Gasteiger partial charge in [0.05, 0.1) is 5.97 Å². The summed E-state index contributed by atoms with van der Waals surface area (Å²) in [5, 5.41) is 12.2. The van der Waals surface area contributed by atoms with Gasteiger partial charge in [0.2, 0.25) is 0 Å². The van der Waals surface area contributed by atoms with Gasteiger partial charge in [0.25, 0.3) is 0 Å². The average Bonchev–Trinajstić information content (AvgIpc) is 2.79. The molecule has 1 aliphatic carbocycles. The number of fused-ring (bicyclic) bond motifs is 1. The molecule has 166 valence electrons. The number of carboxylic acid groups (broad SMARTS) is 1. The molecule has 0 amide bonds. The van der Waals surface area contributed by atoms with Gasteiger partial charge in [-0.05, 0) is 67.7 Å². The molecule has 1 aliphatic rings. The third-order valence-electron chi connectivity index (χ3n) is 6.70. The number of unbranched alkanes of at least 4 members (excludes halogenated alkanes) is 1. The summed E-state index contributed by atoms with van der Waals surface area (Å²) >= 11 is 0. The second-order valence-corrected chi connectivity index (χ2v) is 9.02. The second kappa shape index (κ2) is 9.15. The lowest BCUT2D eigenvalue weighted by atomic mass is 9.86. The van der Waals surface area contributed by atoms with Crippen LogP contribution < -0.4 is 10.5 Å². The number of carbonyl (C=O) groups excluding carboxylic acids is 1. The first-order chi connectivity index (χ1) is 15.4. The number of carbonyl (C=O) groups is 1. The normalized spacial score (nSPS) is 15.4. The number of aryl methyl sites for hydroxylation is 1. The first-order valence-corrected chi connectivity index (χ1v) is 11.6. The Labute approximate surface area is 189 Å². The molecule has 0 saturated heterocycles. The van der Waals surface area contributed by atoms with E-state index in [1.807, 2.05) is 55.6 Å². The molecular weight excluding hydrogens is 398 g/mol. The molecule has 0 bridgehead atoms. The third-order valence-corrected chi connectivity index (χ3v) is 6.70. The summed E-state index contributed by atoms with van der Waals surface area (Å²) in [7, 11) is 0. The van der Waals surface area contributed by atoms with E-state index in [1.165, 1.54) is 0 Å². The topological polar surface area (TPSA) is 62.1 Å². The van der Waals surface area contributed by atoms with Crippen molar-refractivity contribution >= 4 is 5.97 Å². The molecule has 4 heteroatoms. The lowest BCUT2D eigenvalue weighted by molar-refractivity contribution is -0.255. The minimum Gasteiger partial charge on any atom is -0.545 e. The monoisotopic (exact) mass is 428 g/mol. The number of nitrogens with zero attached hydrogens (tertiary/aromatic N) is 1. The van der Waals surface area contributed by atoms with E-state index in [-0.39, 0.29) is 11.0 Å². The molecule has 32 heavy (non-hydrogen) atoms. The number of aromatic carboxylic acids is 1. The van der Waals surface area contributed by atoms with E-state index in [4.69, 9.17) is 0 Å². The van der Waals surface area contributed by atoms with Crippen molar-refractivity contribution < 1.29 is 9.90 Å². The molecule has 1 atom stereocenters. The molecule has 0 radical (unpaired) electrons. The van der Waals surface area contributed by atoms with Crippen molar-refractivity contribution in [2.24, 2.45) is 5.92 Å². The second-order valence-electron chi connectivity index (χ2n) is 9.02. The zero-order valence-corrected chi connectivity index (χ0v) is 19.1. The van der Waals surface area contributed by atoms with Gasteiger partial charge in [0.1, 0.15) is 0 Å². The largest absolute Gasteiger partial charge is 0.545 e. The Morgan fingerprint density at radius 1 is 1.16 bits per heavy atom. The first-order valence-electron chi connectivity index (χ1n) is 11.6. The van der Waals surface area contributed by atoms with Crippen molar-refractivity contribution in [1.82, 2.24) is 4.57 Å². The molecule has 0 N–H and O–H groups in total. The lowest BCUT2D eigenvalue weighted by Gasteiger charge is -2.28. The van der Waals surface area contributed by atoms with Crippen LogP contribution in [0.5, 0.6) is 0 Å². The molecule has 4 rings (SSSR count).